The molecule has 3 rings (SSSR count). The molecule has 0 radical (unpaired) electrons. The van der Waals surface area contributed by atoms with Gasteiger partial charge in [-0.25, -0.2) is 4.79 Å². The molecule has 0 saturated heterocycles. The van der Waals surface area contributed by atoms with Gasteiger partial charge in [0.05, 0.1) is 19.2 Å². The van der Waals surface area contributed by atoms with Crippen LogP contribution in [-0.2, 0) is 16.1 Å². The average molecular weight is 395 g/mol. The first kappa shape index (κ1) is 20.5. The summed E-state index contributed by atoms with van der Waals surface area (Å²) in [5.74, 6) is -0.636. The van der Waals surface area contributed by atoms with E-state index in [2.05, 4.69) is 20.3 Å². The third kappa shape index (κ3) is 5.65. The highest BCUT2D eigenvalue weighted by Crippen LogP contribution is 2.28. The van der Waals surface area contributed by atoms with E-state index in [-0.39, 0.29) is 18.4 Å². The zero-order valence-corrected chi connectivity index (χ0v) is 16.6. The van der Waals surface area contributed by atoms with Crippen LogP contribution >= 0.6 is 0 Å². The van der Waals surface area contributed by atoms with Gasteiger partial charge in [0.1, 0.15) is 0 Å². The standard InChI is InChI=1S/C22H25N3O4/c1-23-21(27)16-5-3-15(4-6-16)13-25(19-11-12-19)14-20(26)24-18-9-7-17(8-10-18)22(28)29-2/h3-10,19H,11-14H2,1-2H3,(H,23,27)(H,24,26). The van der Waals surface area contributed by atoms with E-state index < -0.39 is 5.97 Å². The topological polar surface area (TPSA) is 87.7 Å². The fourth-order valence-corrected chi connectivity index (χ4v) is 3.09. The number of rotatable bonds is 8. The van der Waals surface area contributed by atoms with Crippen molar-refractivity contribution in [3.63, 3.8) is 0 Å². The molecule has 0 aliphatic heterocycles. The van der Waals surface area contributed by atoms with E-state index in [1.807, 2.05) is 12.1 Å². The Hall–Kier alpha value is -3.19. The van der Waals surface area contributed by atoms with Crippen molar-refractivity contribution in [2.75, 3.05) is 26.0 Å². The Balaban J connectivity index is 1.58. The van der Waals surface area contributed by atoms with E-state index >= 15 is 0 Å². The lowest BCUT2D eigenvalue weighted by molar-refractivity contribution is -0.117. The Labute approximate surface area is 170 Å². The molecule has 2 amide bonds. The van der Waals surface area contributed by atoms with E-state index in [1.54, 1.807) is 43.4 Å². The van der Waals surface area contributed by atoms with Crippen molar-refractivity contribution in [1.29, 1.82) is 0 Å². The summed E-state index contributed by atoms with van der Waals surface area (Å²) >= 11 is 0. The molecule has 0 atom stereocenters. The first-order valence-electron chi connectivity index (χ1n) is 9.53. The van der Waals surface area contributed by atoms with Gasteiger partial charge in [-0.1, -0.05) is 12.1 Å². The molecule has 0 heterocycles. The third-order valence-electron chi connectivity index (χ3n) is 4.83. The molecule has 1 aliphatic rings. The summed E-state index contributed by atoms with van der Waals surface area (Å²) in [6.45, 7) is 0.925. The van der Waals surface area contributed by atoms with Crippen LogP contribution in [0.5, 0.6) is 0 Å². The summed E-state index contributed by atoms with van der Waals surface area (Å²) in [6.07, 6.45) is 2.16. The van der Waals surface area contributed by atoms with Gasteiger partial charge in [0, 0.05) is 30.9 Å². The van der Waals surface area contributed by atoms with E-state index in [0.29, 0.717) is 29.4 Å². The predicted molar refractivity (Wildman–Crippen MR) is 110 cm³/mol. The maximum atomic E-state index is 12.5. The van der Waals surface area contributed by atoms with Gasteiger partial charge in [0.15, 0.2) is 0 Å². The molecule has 0 unspecified atom stereocenters. The first-order chi connectivity index (χ1) is 14.0. The molecule has 2 aromatic carbocycles. The molecular weight excluding hydrogens is 370 g/mol. The van der Waals surface area contributed by atoms with Crippen molar-refractivity contribution in [3.8, 4) is 0 Å². The zero-order chi connectivity index (χ0) is 20.8. The van der Waals surface area contributed by atoms with Crippen molar-refractivity contribution < 1.29 is 19.1 Å². The molecule has 7 heteroatoms. The molecule has 0 spiro atoms. The second-order valence-corrected chi connectivity index (χ2v) is 7.03. The van der Waals surface area contributed by atoms with Crippen LogP contribution in [0.4, 0.5) is 5.69 Å². The smallest absolute Gasteiger partial charge is 0.337 e. The Bertz CT molecular complexity index is 874. The van der Waals surface area contributed by atoms with Crippen molar-refractivity contribution in [1.82, 2.24) is 10.2 Å². The van der Waals surface area contributed by atoms with E-state index in [9.17, 15) is 14.4 Å². The monoisotopic (exact) mass is 395 g/mol. The molecule has 1 saturated carbocycles. The van der Waals surface area contributed by atoms with Gasteiger partial charge < -0.3 is 15.4 Å². The highest BCUT2D eigenvalue weighted by Gasteiger charge is 2.30. The van der Waals surface area contributed by atoms with Crippen LogP contribution in [0.15, 0.2) is 48.5 Å². The lowest BCUT2D eigenvalue weighted by Gasteiger charge is -2.21. The van der Waals surface area contributed by atoms with Gasteiger partial charge in [-0.15, -0.1) is 0 Å². The number of benzene rings is 2. The number of anilines is 1. The Morgan fingerprint density at radius 3 is 2.17 bits per heavy atom. The van der Waals surface area contributed by atoms with Crippen LogP contribution in [0.25, 0.3) is 0 Å². The normalized spacial score (nSPS) is 13.1. The van der Waals surface area contributed by atoms with Gasteiger partial charge in [-0.2, -0.15) is 0 Å². The zero-order valence-electron chi connectivity index (χ0n) is 16.6. The number of methoxy groups -OCH3 is 1. The predicted octanol–water partition coefficient (Wildman–Crippen LogP) is 2.44. The minimum atomic E-state index is -0.412. The maximum absolute atomic E-state index is 12.5. The van der Waals surface area contributed by atoms with E-state index in [0.717, 1.165) is 18.4 Å². The molecular formula is C22H25N3O4. The third-order valence-corrected chi connectivity index (χ3v) is 4.83. The minimum absolute atomic E-state index is 0.107. The van der Waals surface area contributed by atoms with Gasteiger partial charge in [0.2, 0.25) is 5.91 Å². The van der Waals surface area contributed by atoms with Gasteiger partial charge >= 0.3 is 5.97 Å². The summed E-state index contributed by atoms with van der Waals surface area (Å²) in [4.78, 5) is 37.8. The number of hydrogen-bond donors (Lipinski definition) is 2. The Kier molecular flexibility index (Phi) is 6.61. The highest BCUT2D eigenvalue weighted by atomic mass is 16.5. The highest BCUT2D eigenvalue weighted by molar-refractivity contribution is 5.94. The molecule has 2 aromatic rings. The lowest BCUT2D eigenvalue weighted by atomic mass is 10.1. The number of ether oxygens (including phenoxy) is 1. The van der Waals surface area contributed by atoms with Crippen LogP contribution in [0.3, 0.4) is 0 Å². The SMILES string of the molecule is CNC(=O)c1ccc(CN(CC(=O)Nc2ccc(C(=O)OC)cc2)C2CC2)cc1. The number of nitrogens with one attached hydrogen (secondary N) is 2. The minimum Gasteiger partial charge on any atom is -0.465 e. The molecule has 2 N–H and O–H groups in total. The van der Waals surface area contributed by atoms with Gasteiger partial charge in [0.25, 0.3) is 5.91 Å². The number of carbonyl (C=O) groups is 3. The summed E-state index contributed by atoms with van der Waals surface area (Å²) in [5.41, 5.74) is 2.74. The van der Waals surface area contributed by atoms with Crippen molar-refractivity contribution in [3.05, 3.63) is 65.2 Å². The van der Waals surface area contributed by atoms with Crippen molar-refractivity contribution in [2.45, 2.75) is 25.4 Å². The fraction of sp³-hybridized carbons (Fsp3) is 0.318. The maximum Gasteiger partial charge on any atom is 0.337 e. The van der Waals surface area contributed by atoms with E-state index in [1.165, 1.54) is 7.11 Å². The number of carbonyl (C=O) groups excluding carboxylic acids is 3. The average Bonchev–Trinajstić information content (AvgIpc) is 3.58. The van der Waals surface area contributed by atoms with Gasteiger partial charge in [-0.3, -0.25) is 14.5 Å². The van der Waals surface area contributed by atoms with Crippen LogP contribution in [0, 0.1) is 0 Å². The molecule has 1 aliphatic carbocycles. The quantitative estimate of drug-likeness (QED) is 0.671. The second-order valence-electron chi connectivity index (χ2n) is 7.03. The molecule has 1 fully saturated rings. The summed E-state index contributed by atoms with van der Waals surface area (Å²) in [5, 5.41) is 5.47. The molecule has 29 heavy (non-hydrogen) atoms. The molecule has 0 bridgehead atoms. The van der Waals surface area contributed by atoms with Crippen LogP contribution in [0.1, 0.15) is 39.1 Å². The summed E-state index contributed by atoms with van der Waals surface area (Å²) < 4.78 is 4.67. The van der Waals surface area contributed by atoms with Crippen LogP contribution in [-0.4, -0.2) is 49.4 Å². The lowest BCUT2D eigenvalue weighted by Crippen LogP contribution is -2.34. The number of hydrogen-bond acceptors (Lipinski definition) is 5. The van der Waals surface area contributed by atoms with Gasteiger partial charge in [-0.05, 0) is 54.8 Å². The summed E-state index contributed by atoms with van der Waals surface area (Å²) in [6, 6.07) is 14.4. The number of esters is 1. The van der Waals surface area contributed by atoms with Crippen LogP contribution in [0.2, 0.25) is 0 Å². The Morgan fingerprint density at radius 2 is 1.62 bits per heavy atom. The Morgan fingerprint density at radius 1 is 1.00 bits per heavy atom. The van der Waals surface area contributed by atoms with Crippen molar-refractivity contribution >= 4 is 23.5 Å². The fourth-order valence-electron chi connectivity index (χ4n) is 3.09. The molecule has 152 valence electrons. The first-order valence-corrected chi connectivity index (χ1v) is 9.53. The van der Waals surface area contributed by atoms with Crippen LogP contribution < -0.4 is 10.6 Å². The summed E-state index contributed by atoms with van der Waals surface area (Å²) in [7, 11) is 2.93. The van der Waals surface area contributed by atoms with Crippen molar-refractivity contribution in [2.24, 2.45) is 0 Å². The number of amides is 2. The molecule has 0 aromatic heterocycles. The number of nitrogens with zero attached hydrogens (tertiary/aromatic N) is 1. The second kappa shape index (κ2) is 9.34. The van der Waals surface area contributed by atoms with E-state index in [4.69, 9.17) is 0 Å². The molecule has 7 nitrogen and oxygen atoms in total. The largest absolute Gasteiger partial charge is 0.465 e.